The summed E-state index contributed by atoms with van der Waals surface area (Å²) in [7, 11) is 0. The number of hydrogen-bond donors (Lipinski definition) is 0. The first-order valence-electron chi connectivity index (χ1n) is 18.3. The zero-order valence-corrected chi connectivity index (χ0v) is 29.2. The molecule has 0 atom stereocenters. The first-order valence-corrected chi connectivity index (χ1v) is 18.3. The Morgan fingerprint density at radius 3 is 1.71 bits per heavy atom. The maximum atomic E-state index is 2.51. The largest absolute Gasteiger partial charge is 0.308 e. The summed E-state index contributed by atoms with van der Waals surface area (Å²) in [5.74, 6) is 0. The number of aromatic nitrogens is 1. The molecule has 1 aromatic heterocycles. The van der Waals surface area contributed by atoms with E-state index >= 15 is 0 Å². The average molecular weight is 662 g/mol. The molecule has 1 heteroatoms. The molecule has 0 bridgehead atoms. The third kappa shape index (κ3) is 3.99. The van der Waals surface area contributed by atoms with Crippen LogP contribution in [0, 0.1) is 0 Å². The van der Waals surface area contributed by atoms with Crippen LogP contribution < -0.4 is 0 Å². The van der Waals surface area contributed by atoms with Gasteiger partial charge in [0.15, 0.2) is 0 Å². The Bertz CT molecular complexity index is 3040. The van der Waals surface area contributed by atoms with Crippen LogP contribution in [0.4, 0.5) is 0 Å². The second-order valence-electron chi connectivity index (χ2n) is 14.9. The van der Waals surface area contributed by atoms with E-state index in [-0.39, 0.29) is 5.41 Å². The number of nitrogens with zero attached hydrogens (tertiary/aromatic N) is 1. The predicted octanol–water partition coefficient (Wildman–Crippen LogP) is 13.9. The van der Waals surface area contributed by atoms with Crippen molar-refractivity contribution in [3.05, 3.63) is 187 Å². The highest BCUT2D eigenvalue weighted by Gasteiger charge is 2.35. The minimum atomic E-state index is -0.0927. The van der Waals surface area contributed by atoms with Gasteiger partial charge in [0.25, 0.3) is 0 Å². The summed E-state index contributed by atoms with van der Waals surface area (Å²) in [5, 5.41) is 10.1. The van der Waals surface area contributed by atoms with Gasteiger partial charge < -0.3 is 4.57 Å². The molecule has 9 aromatic carbocycles. The molecular weight excluding hydrogens is 627 g/mol. The zero-order chi connectivity index (χ0) is 34.6. The molecule has 52 heavy (non-hydrogen) atoms. The molecule has 0 fully saturated rings. The van der Waals surface area contributed by atoms with Crippen molar-refractivity contribution in [2.24, 2.45) is 0 Å². The molecule has 11 rings (SSSR count). The molecule has 1 aliphatic carbocycles. The smallest absolute Gasteiger partial charge is 0.0619 e. The Hall–Kier alpha value is -6.44. The van der Waals surface area contributed by atoms with Crippen LogP contribution in [0.1, 0.15) is 25.0 Å². The molecule has 1 aliphatic rings. The Labute approximate surface area is 303 Å². The summed E-state index contributed by atoms with van der Waals surface area (Å²) in [6.07, 6.45) is 0. The first kappa shape index (κ1) is 29.3. The standard InChI is InChI=1S/C51H35N/c1-51(2)45-23-10-7-17-37(45)38-28-27-34(31-46(38)51)49-41-20-5-6-21-42(41)50(52-47-24-11-8-18-39(47)40-19-9-12-25-48(40)52)43-29-26-33(30-44(43)49)36-22-13-15-32-14-3-4-16-35(32)36/h3-31H,1-2H3. The summed E-state index contributed by atoms with van der Waals surface area (Å²) in [4.78, 5) is 0. The topological polar surface area (TPSA) is 4.93 Å². The van der Waals surface area contributed by atoms with E-state index in [9.17, 15) is 0 Å². The lowest BCUT2D eigenvalue weighted by Crippen LogP contribution is -2.14. The lowest BCUT2D eigenvalue weighted by Gasteiger charge is -2.23. The fourth-order valence-corrected chi connectivity index (χ4v) is 9.38. The molecule has 0 aliphatic heterocycles. The number of hydrogen-bond acceptors (Lipinski definition) is 0. The van der Waals surface area contributed by atoms with Crippen molar-refractivity contribution in [2.45, 2.75) is 19.3 Å². The number of rotatable bonds is 3. The number of fused-ring (bicyclic) bond motifs is 9. The van der Waals surface area contributed by atoms with Crippen LogP contribution in [0.15, 0.2) is 176 Å². The molecule has 0 saturated heterocycles. The van der Waals surface area contributed by atoms with Crippen LogP contribution in [0.2, 0.25) is 0 Å². The molecule has 0 N–H and O–H groups in total. The van der Waals surface area contributed by atoms with Gasteiger partial charge in [0, 0.05) is 27.0 Å². The van der Waals surface area contributed by atoms with E-state index in [1.807, 2.05) is 0 Å². The molecule has 0 saturated carbocycles. The molecule has 0 spiro atoms. The molecule has 0 amide bonds. The minimum absolute atomic E-state index is 0.0927. The van der Waals surface area contributed by atoms with Crippen LogP contribution in [0.25, 0.3) is 93.2 Å². The van der Waals surface area contributed by atoms with Crippen molar-refractivity contribution in [2.75, 3.05) is 0 Å². The second kappa shape index (κ2) is 10.8. The van der Waals surface area contributed by atoms with E-state index in [4.69, 9.17) is 0 Å². The molecule has 1 heterocycles. The summed E-state index contributed by atoms with van der Waals surface area (Å²) >= 11 is 0. The molecule has 10 aromatic rings. The Morgan fingerprint density at radius 1 is 0.365 bits per heavy atom. The highest BCUT2D eigenvalue weighted by molar-refractivity contribution is 6.21. The van der Waals surface area contributed by atoms with Gasteiger partial charge in [-0.25, -0.2) is 0 Å². The van der Waals surface area contributed by atoms with E-state index in [0.29, 0.717) is 0 Å². The van der Waals surface area contributed by atoms with Gasteiger partial charge in [-0.3, -0.25) is 0 Å². The van der Waals surface area contributed by atoms with Crippen molar-refractivity contribution in [1.29, 1.82) is 0 Å². The lowest BCUT2D eigenvalue weighted by atomic mass is 9.81. The SMILES string of the molecule is CC1(C)c2ccccc2-c2ccc(-c3c4ccccc4c(-n4c5ccccc5c5ccccc54)c4ccc(-c5cccc6ccccc56)cc34)cc21. The summed E-state index contributed by atoms with van der Waals surface area (Å²) in [6, 6.07) is 65.5. The van der Waals surface area contributed by atoms with Crippen LogP contribution in [-0.2, 0) is 5.41 Å². The maximum absolute atomic E-state index is 2.51. The summed E-state index contributed by atoms with van der Waals surface area (Å²) in [6.45, 7) is 4.75. The van der Waals surface area contributed by atoms with E-state index in [1.165, 1.54) is 104 Å². The van der Waals surface area contributed by atoms with Crippen molar-refractivity contribution < 1.29 is 0 Å². The number of benzene rings is 9. The quantitative estimate of drug-likeness (QED) is 0.166. The van der Waals surface area contributed by atoms with Crippen molar-refractivity contribution in [3.63, 3.8) is 0 Å². The Balaban J connectivity index is 1.29. The molecular formula is C51H35N. The molecule has 244 valence electrons. The van der Waals surface area contributed by atoms with Crippen LogP contribution in [0.3, 0.4) is 0 Å². The predicted molar refractivity (Wildman–Crippen MR) is 222 cm³/mol. The van der Waals surface area contributed by atoms with Gasteiger partial charge in [-0.15, -0.1) is 0 Å². The van der Waals surface area contributed by atoms with E-state index in [2.05, 4.69) is 194 Å². The highest BCUT2D eigenvalue weighted by atomic mass is 15.0. The van der Waals surface area contributed by atoms with Crippen molar-refractivity contribution in [3.8, 4) is 39.1 Å². The Morgan fingerprint density at radius 2 is 0.923 bits per heavy atom. The van der Waals surface area contributed by atoms with Gasteiger partial charge in [0.1, 0.15) is 0 Å². The van der Waals surface area contributed by atoms with Gasteiger partial charge in [0.2, 0.25) is 0 Å². The number of para-hydroxylation sites is 2. The fraction of sp³-hybridized carbons (Fsp3) is 0.0588. The third-order valence-electron chi connectivity index (χ3n) is 11.8. The molecule has 0 radical (unpaired) electrons. The summed E-state index contributed by atoms with van der Waals surface area (Å²) in [5.41, 5.74) is 14.1. The van der Waals surface area contributed by atoms with Gasteiger partial charge in [0.05, 0.1) is 16.7 Å². The van der Waals surface area contributed by atoms with Crippen LogP contribution >= 0.6 is 0 Å². The van der Waals surface area contributed by atoms with Gasteiger partial charge in [-0.05, 0) is 90.3 Å². The zero-order valence-electron chi connectivity index (χ0n) is 29.2. The van der Waals surface area contributed by atoms with Crippen LogP contribution in [0.5, 0.6) is 0 Å². The average Bonchev–Trinajstić information content (AvgIpc) is 3.64. The third-order valence-corrected chi connectivity index (χ3v) is 11.8. The normalized spacial score (nSPS) is 13.3. The van der Waals surface area contributed by atoms with Gasteiger partial charge in [-0.2, -0.15) is 0 Å². The van der Waals surface area contributed by atoms with E-state index < -0.39 is 0 Å². The minimum Gasteiger partial charge on any atom is -0.308 e. The van der Waals surface area contributed by atoms with Crippen molar-refractivity contribution >= 4 is 54.1 Å². The monoisotopic (exact) mass is 661 g/mol. The lowest BCUT2D eigenvalue weighted by molar-refractivity contribution is 0.660. The van der Waals surface area contributed by atoms with Crippen molar-refractivity contribution in [1.82, 2.24) is 4.57 Å². The van der Waals surface area contributed by atoms with Gasteiger partial charge in [-0.1, -0.05) is 166 Å². The fourth-order valence-electron chi connectivity index (χ4n) is 9.38. The van der Waals surface area contributed by atoms with E-state index in [0.717, 1.165) is 0 Å². The Kier molecular flexibility index (Phi) is 6.08. The van der Waals surface area contributed by atoms with E-state index in [1.54, 1.807) is 0 Å². The van der Waals surface area contributed by atoms with Gasteiger partial charge >= 0.3 is 0 Å². The highest BCUT2D eigenvalue weighted by Crippen LogP contribution is 2.51. The molecule has 0 unspecified atom stereocenters. The van der Waals surface area contributed by atoms with Crippen LogP contribution in [-0.4, -0.2) is 4.57 Å². The second-order valence-corrected chi connectivity index (χ2v) is 14.9. The molecule has 1 nitrogen and oxygen atoms in total. The first-order chi connectivity index (χ1) is 25.6. The maximum Gasteiger partial charge on any atom is 0.0619 e. The summed E-state index contributed by atoms with van der Waals surface area (Å²) < 4.78 is 2.51.